The van der Waals surface area contributed by atoms with Gasteiger partial charge < -0.3 is 9.47 Å². The largest absolute Gasteiger partial charge is 0.496 e. The Morgan fingerprint density at radius 2 is 1.85 bits per heavy atom. The Morgan fingerprint density at radius 3 is 2.61 bits per heavy atom. The summed E-state index contributed by atoms with van der Waals surface area (Å²) in [5.41, 5.74) is 4.06. The monoisotopic (exact) mass is 518 g/mol. The van der Waals surface area contributed by atoms with E-state index in [0.717, 1.165) is 21.2 Å². The number of hydrogen-bond acceptors (Lipinski definition) is 5. The van der Waals surface area contributed by atoms with E-state index in [-0.39, 0.29) is 12.5 Å². The van der Waals surface area contributed by atoms with Gasteiger partial charge in [0.15, 0.2) is 0 Å². The van der Waals surface area contributed by atoms with Gasteiger partial charge in [0.25, 0.3) is 5.91 Å². The summed E-state index contributed by atoms with van der Waals surface area (Å²) in [4.78, 5) is 13.0. The third-order valence-corrected chi connectivity index (χ3v) is 6.91. The number of halogens is 3. The number of hydrazone groups is 1. The predicted octanol–water partition coefficient (Wildman–Crippen LogP) is 7.21. The molecule has 0 aliphatic rings. The quantitative estimate of drug-likeness (QED) is 0.207. The second-order valence-corrected chi connectivity index (χ2v) is 9.15. The Bertz CT molecular complexity index is 1350. The molecule has 0 atom stereocenters. The Balaban J connectivity index is 1.46. The zero-order chi connectivity index (χ0) is 23.4. The number of thiophene rings is 1. The molecule has 33 heavy (non-hydrogen) atoms. The smallest absolute Gasteiger partial charge is 0.283 e. The first-order valence-electron chi connectivity index (χ1n) is 9.71. The van der Waals surface area contributed by atoms with Crippen LogP contribution in [0, 0.1) is 0 Å². The molecule has 1 heterocycles. The first-order valence-corrected chi connectivity index (χ1v) is 11.7. The van der Waals surface area contributed by atoms with E-state index in [4.69, 9.17) is 44.3 Å². The van der Waals surface area contributed by atoms with Crippen molar-refractivity contribution in [3.8, 4) is 11.5 Å². The Labute approximate surface area is 209 Å². The van der Waals surface area contributed by atoms with Crippen LogP contribution in [-0.2, 0) is 6.61 Å². The summed E-state index contributed by atoms with van der Waals surface area (Å²) in [6.45, 7) is 0.218. The van der Waals surface area contributed by atoms with Crippen molar-refractivity contribution in [1.82, 2.24) is 5.43 Å². The van der Waals surface area contributed by atoms with Gasteiger partial charge >= 0.3 is 0 Å². The molecule has 9 heteroatoms. The molecule has 0 fully saturated rings. The van der Waals surface area contributed by atoms with E-state index < -0.39 is 0 Å². The molecule has 0 aliphatic heterocycles. The molecular weight excluding hydrogens is 503 g/mol. The number of rotatable bonds is 7. The first kappa shape index (κ1) is 23.4. The molecule has 0 aliphatic carbocycles. The number of benzene rings is 3. The summed E-state index contributed by atoms with van der Waals surface area (Å²) >= 11 is 19.8. The molecule has 1 N–H and O–H groups in total. The van der Waals surface area contributed by atoms with Crippen molar-refractivity contribution in [2.24, 2.45) is 5.10 Å². The lowest BCUT2D eigenvalue weighted by Crippen LogP contribution is -2.16. The average molecular weight is 520 g/mol. The molecular formula is C24H17Cl3N2O3S. The molecule has 168 valence electrons. The highest BCUT2D eigenvalue weighted by Gasteiger charge is 2.16. The topological polar surface area (TPSA) is 59.9 Å². The summed E-state index contributed by atoms with van der Waals surface area (Å²) in [5.74, 6) is 0.792. The zero-order valence-electron chi connectivity index (χ0n) is 17.3. The number of carbonyl (C=O) groups is 1. The maximum Gasteiger partial charge on any atom is 0.283 e. The van der Waals surface area contributed by atoms with Crippen LogP contribution in [0.15, 0.2) is 65.8 Å². The summed E-state index contributed by atoms with van der Waals surface area (Å²) in [7, 11) is 1.58. The van der Waals surface area contributed by atoms with Crippen LogP contribution < -0.4 is 14.9 Å². The molecule has 0 unspecified atom stereocenters. The fourth-order valence-corrected chi connectivity index (χ4v) is 4.99. The fourth-order valence-electron chi connectivity index (χ4n) is 3.12. The maximum atomic E-state index is 12.5. The SMILES string of the molecule is COc1ccc(/C=N\NC(=O)c2sc3ccccc3c2Cl)cc1COc1ccc(Cl)cc1Cl. The summed E-state index contributed by atoms with van der Waals surface area (Å²) in [6, 6.07) is 18.1. The van der Waals surface area contributed by atoms with Crippen LogP contribution in [0.2, 0.25) is 15.1 Å². The molecule has 0 radical (unpaired) electrons. The van der Waals surface area contributed by atoms with Crippen LogP contribution in [0.5, 0.6) is 11.5 Å². The van der Waals surface area contributed by atoms with E-state index >= 15 is 0 Å². The number of hydrogen-bond donors (Lipinski definition) is 1. The van der Waals surface area contributed by atoms with Crippen LogP contribution in [-0.4, -0.2) is 19.2 Å². The van der Waals surface area contributed by atoms with E-state index in [1.807, 2.05) is 36.4 Å². The molecule has 5 nitrogen and oxygen atoms in total. The van der Waals surface area contributed by atoms with Crippen LogP contribution >= 0.6 is 46.1 Å². The molecule has 1 amide bonds. The summed E-state index contributed by atoms with van der Waals surface area (Å²) in [5, 5.41) is 6.29. The highest BCUT2D eigenvalue weighted by Crippen LogP contribution is 2.35. The standard InChI is InChI=1S/C24H17Cl3N2O3S/c1-31-19-8-6-14(10-15(19)13-32-20-9-7-16(25)11-18(20)26)12-28-29-24(30)23-22(27)17-4-2-3-5-21(17)33-23/h2-12H,13H2,1H3,(H,29,30)/b28-12-. The lowest BCUT2D eigenvalue weighted by Gasteiger charge is -2.12. The van der Waals surface area contributed by atoms with Gasteiger partial charge in [0, 0.05) is 20.7 Å². The van der Waals surface area contributed by atoms with Gasteiger partial charge in [0.1, 0.15) is 23.0 Å². The maximum absolute atomic E-state index is 12.5. The molecule has 0 saturated heterocycles. The van der Waals surface area contributed by atoms with E-state index in [1.54, 1.807) is 31.4 Å². The lowest BCUT2D eigenvalue weighted by atomic mass is 10.1. The third kappa shape index (κ3) is 5.42. The lowest BCUT2D eigenvalue weighted by molar-refractivity contribution is 0.0959. The van der Waals surface area contributed by atoms with Crippen LogP contribution in [0.3, 0.4) is 0 Å². The first-order chi connectivity index (χ1) is 16.0. The zero-order valence-corrected chi connectivity index (χ0v) is 20.4. The van der Waals surface area contributed by atoms with E-state index in [0.29, 0.717) is 31.4 Å². The number of fused-ring (bicyclic) bond motifs is 1. The van der Waals surface area contributed by atoms with Crippen molar-refractivity contribution in [3.63, 3.8) is 0 Å². The van der Waals surface area contributed by atoms with Crippen LogP contribution in [0.4, 0.5) is 0 Å². The highest BCUT2D eigenvalue weighted by atomic mass is 35.5. The molecule has 0 saturated carbocycles. The van der Waals surface area contributed by atoms with Crippen LogP contribution in [0.1, 0.15) is 20.8 Å². The van der Waals surface area contributed by atoms with Gasteiger partial charge in [-0.15, -0.1) is 11.3 Å². The number of nitrogens with one attached hydrogen (secondary N) is 1. The van der Waals surface area contributed by atoms with Gasteiger partial charge in [-0.2, -0.15) is 5.10 Å². The predicted molar refractivity (Wildman–Crippen MR) is 136 cm³/mol. The van der Waals surface area contributed by atoms with E-state index in [2.05, 4.69) is 10.5 Å². The van der Waals surface area contributed by atoms with Crippen molar-refractivity contribution in [3.05, 3.63) is 91.7 Å². The van der Waals surface area contributed by atoms with Gasteiger partial charge in [0.05, 0.1) is 23.4 Å². The number of nitrogens with zero attached hydrogens (tertiary/aromatic N) is 1. The molecule has 0 bridgehead atoms. The van der Waals surface area contributed by atoms with Gasteiger partial charge in [0.2, 0.25) is 0 Å². The van der Waals surface area contributed by atoms with Gasteiger partial charge in [-0.3, -0.25) is 4.79 Å². The number of carbonyl (C=O) groups excluding carboxylic acids is 1. The number of methoxy groups -OCH3 is 1. The van der Waals surface area contributed by atoms with Gasteiger partial charge in [-0.05, 0) is 48.0 Å². The molecule has 4 rings (SSSR count). The minimum atomic E-state index is -0.369. The van der Waals surface area contributed by atoms with Gasteiger partial charge in [-0.25, -0.2) is 5.43 Å². The highest BCUT2D eigenvalue weighted by molar-refractivity contribution is 7.21. The minimum Gasteiger partial charge on any atom is -0.496 e. The summed E-state index contributed by atoms with van der Waals surface area (Å²) < 4.78 is 12.2. The van der Waals surface area contributed by atoms with Crippen LogP contribution in [0.25, 0.3) is 10.1 Å². The van der Waals surface area contributed by atoms with E-state index in [1.165, 1.54) is 17.6 Å². The molecule has 1 aromatic heterocycles. The normalized spacial score (nSPS) is 11.2. The number of ether oxygens (including phenoxy) is 2. The second-order valence-electron chi connectivity index (χ2n) is 6.88. The average Bonchev–Trinajstić information content (AvgIpc) is 3.15. The van der Waals surface area contributed by atoms with Gasteiger partial charge in [-0.1, -0.05) is 53.0 Å². The molecule has 0 spiro atoms. The van der Waals surface area contributed by atoms with E-state index in [9.17, 15) is 4.79 Å². The number of amides is 1. The Kier molecular flexibility index (Phi) is 7.40. The fraction of sp³-hybridized carbons (Fsp3) is 0.0833. The van der Waals surface area contributed by atoms with Crippen molar-refractivity contribution < 1.29 is 14.3 Å². The summed E-state index contributed by atoms with van der Waals surface area (Å²) in [6.07, 6.45) is 1.54. The second kappa shape index (κ2) is 10.4. The van der Waals surface area contributed by atoms with Crippen molar-refractivity contribution in [2.75, 3.05) is 7.11 Å². The third-order valence-electron chi connectivity index (χ3n) is 4.70. The minimum absolute atomic E-state index is 0.218. The van der Waals surface area contributed by atoms with Crippen molar-refractivity contribution in [2.45, 2.75) is 6.61 Å². The van der Waals surface area contributed by atoms with Crippen molar-refractivity contribution >= 4 is 68.3 Å². The Morgan fingerprint density at radius 1 is 1.06 bits per heavy atom. The van der Waals surface area contributed by atoms with Crippen molar-refractivity contribution in [1.29, 1.82) is 0 Å². The molecule has 4 aromatic rings. The molecule has 3 aromatic carbocycles. The Hall–Kier alpha value is -2.77.